The summed E-state index contributed by atoms with van der Waals surface area (Å²) in [7, 11) is 0. The second kappa shape index (κ2) is 7.89. The number of hydrogen-bond donors (Lipinski definition) is 0. The van der Waals surface area contributed by atoms with Crippen LogP contribution in [-0.4, -0.2) is 24.7 Å². The molecule has 3 heterocycles. The molecule has 0 aliphatic heterocycles. The molecule has 0 saturated heterocycles. The van der Waals surface area contributed by atoms with Crippen molar-refractivity contribution in [1.29, 1.82) is 0 Å². The van der Waals surface area contributed by atoms with Crippen molar-refractivity contribution in [2.75, 3.05) is 0 Å². The molecule has 4 rings (SSSR count). The highest BCUT2D eigenvalue weighted by atomic mass is 32.2. The topological polar surface area (TPSA) is 69.6 Å². The number of benzene rings is 1. The Morgan fingerprint density at radius 2 is 1.89 bits per heavy atom. The molecule has 0 amide bonds. The lowest BCUT2D eigenvalue weighted by atomic mass is 10.2. The maximum absolute atomic E-state index is 14.6. The van der Waals surface area contributed by atoms with Crippen LogP contribution in [0.5, 0.6) is 0 Å². The average Bonchev–Trinajstić information content (AvgIpc) is 3.35. The SMILES string of the molecule is CCc1ncnc(Sc2nnc(-c3ccc(F)cc3)n2Cc2ccco2)c1F. The highest BCUT2D eigenvalue weighted by Crippen LogP contribution is 2.31. The fourth-order valence-electron chi connectivity index (χ4n) is 2.67. The summed E-state index contributed by atoms with van der Waals surface area (Å²) in [4.78, 5) is 7.99. The molecule has 28 heavy (non-hydrogen) atoms. The molecule has 0 bridgehead atoms. The van der Waals surface area contributed by atoms with Crippen molar-refractivity contribution in [2.45, 2.75) is 30.1 Å². The lowest BCUT2D eigenvalue weighted by Gasteiger charge is -2.09. The first kappa shape index (κ1) is 18.3. The smallest absolute Gasteiger partial charge is 0.198 e. The standard InChI is InChI=1S/C19H15F2N5OS/c1-2-15-16(21)18(23-11-22-15)28-19-25-24-17(12-5-7-13(20)8-6-12)26(19)10-14-4-3-9-27-14/h3-9,11H,2,10H2,1H3. The zero-order valence-corrected chi connectivity index (χ0v) is 15.7. The molecule has 0 N–H and O–H groups in total. The van der Waals surface area contributed by atoms with Gasteiger partial charge in [-0.25, -0.2) is 18.7 Å². The van der Waals surface area contributed by atoms with Crippen LogP contribution in [0.15, 0.2) is 63.6 Å². The van der Waals surface area contributed by atoms with Crippen LogP contribution in [0.3, 0.4) is 0 Å². The van der Waals surface area contributed by atoms with Gasteiger partial charge in [0.1, 0.15) is 22.9 Å². The molecule has 4 aromatic rings. The van der Waals surface area contributed by atoms with E-state index in [9.17, 15) is 8.78 Å². The van der Waals surface area contributed by atoms with E-state index in [2.05, 4.69) is 20.2 Å². The van der Waals surface area contributed by atoms with Crippen LogP contribution < -0.4 is 0 Å². The highest BCUT2D eigenvalue weighted by molar-refractivity contribution is 7.99. The minimum atomic E-state index is -0.467. The van der Waals surface area contributed by atoms with E-state index in [0.717, 1.165) is 11.8 Å². The van der Waals surface area contributed by atoms with E-state index in [1.807, 2.05) is 13.0 Å². The van der Waals surface area contributed by atoms with Crippen LogP contribution in [0.4, 0.5) is 8.78 Å². The summed E-state index contributed by atoms with van der Waals surface area (Å²) >= 11 is 1.06. The molecule has 3 aromatic heterocycles. The predicted octanol–water partition coefficient (Wildman–Crippen LogP) is 4.37. The molecule has 142 valence electrons. The molecule has 0 fully saturated rings. The first-order valence-corrected chi connectivity index (χ1v) is 9.36. The Kier molecular flexibility index (Phi) is 5.16. The molecule has 9 heteroatoms. The van der Waals surface area contributed by atoms with E-state index in [1.165, 1.54) is 18.5 Å². The first-order chi connectivity index (χ1) is 13.7. The molecule has 0 saturated carbocycles. The van der Waals surface area contributed by atoms with Crippen LogP contribution in [0.1, 0.15) is 18.4 Å². The number of nitrogens with zero attached hydrogens (tertiary/aromatic N) is 5. The van der Waals surface area contributed by atoms with Crippen molar-refractivity contribution in [3.8, 4) is 11.4 Å². The van der Waals surface area contributed by atoms with Crippen LogP contribution in [0.25, 0.3) is 11.4 Å². The second-order valence-corrected chi connectivity index (χ2v) is 6.83. The summed E-state index contributed by atoms with van der Waals surface area (Å²) in [6.45, 7) is 2.16. The number of aromatic nitrogens is 5. The Balaban J connectivity index is 1.75. The van der Waals surface area contributed by atoms with Crippen molar-refractivity contribution in [3.05, 3.63) is 72.1 Å². The van der Waals surface area contributed by atoms with Gasteiger partial charge in [0.15, 0.2) is 16.8 Å². The fourth-order valence-corrected chi connectivity index (χ4v) is 3.49. The summed E-state index contributed by atoms with van der Waals surface area (Å²) in [5, 5.41) is 9.04. The van der Waals surface area contributed by atoms with Gasteiger partial charge in [-0.1, -0.05) is 6.92 Å². The molecule has 6 nitrogen and oxygen atoms in total. The summed E-state index contributed by atoms with van der Waals surface area (Å²) in [5.74, 6) is 0.392. The van der Waals surface area contributed by atoms with E-state index in [4.69, 9.17) is 4.42 Å². The summed E-state index contributed by atoms with van der Waals surface area (Å²) in [6.07, 6.45) is 3.36. The van der Waals surface area contributed by atoms with E-state index in [-0.39, 0.29) is 10.8 Å². The molecular formula is C19H15F2N5OS. The van der Waals surface area contributed by atoms with Crippen LogP contribution in [0.2, 0.25) is 0 Å². The summed E-state index contributed by atoms with van der Waals surface area (Å²) < 4.78 is 35.1. The monoisotopic (exact) mass is 399 g/mol. The Morgan fingerprint density at radius 3 is 2.61 bits per heavy atom. The van der Waals surface area contributed by atoms with Gasteiger partial charge in [0.2, 0.25) is 0 Å². The normalized spacial score (nSPS) is 11.1. The van der Waals surface area contributed by atoms with Crippen LogP contribution >= 0.6 is 11.8 Å². The molecule has 0 aliphatic rings. The molecule has 0 aliphatic carbocycles. The first-order valence-electron chi connectivity index (χ1n) is 8.54. The Hall–Kier alpha value is -3.07. The third kappa shape index (κ3) is 3.65. The summed E-state index contributed by atoms with van der Waals surface area (Å²) in [6, 6.07) is 9.54. The fraction of sp³-hybridized carbons (Fsp3) is 0.158. The third-order valence-electron chi connectivity index (χ3n) is 4.07. The Bertz CT molecular complexity index is 1080. The van der Waals surface area contributed by atoms with Gasteiger partial charge in [-0.05, 0) is 54.6 Å². The van der Waals surface area contributed by atoms with E-state index in [0.29, 0.717) is 41.0 Å². The Labute approximate surface area is 163 Å². The number of rotatable bonds is 6. The van der Waals surface area contributed by atoms with Crippen molar-refractivity contribution in [2.24, 2.45) is 0 Å². The maximum Gasteiger partial charge on any atom is 0.198 e. The van der Waals surface area contributed by atoms with Gasteiger partial charge < -0.3 is 4.42 Å². The lowest BCUT2D eigenvalue weighted by Crippen LogP contribution is -2.04. The minimum Gasteiger partial charge on any atom is -0.467 e. The van der Waals surface area contributed by atoms with Crippen molar-refractivity contribution >= 4 is 11.8 Å². The van der Waals surface area contributed by atoms with Crippen LogP contribution in [-0.2, 0) is 13.0 Å². The number of halogens is 2. The number of hydrogen-bond acceptors (Lipinski definition) is 6. The van der Waals surface area contributed by atoms with Gasteiger partial charge in [0.25, 0.3) is 0 Å². The lowest BCUT2D eigenvalue weighted by molar-refractivity contribution is 0.485. The quantitative estimate of drug-likeness (QED) is 0.449. The van der Waals surface area contributed by atoms with Crippen molar-refractivity contribution in [3.63, 3.8) is 0 Å². The second-order valence-electron chi connectivity index (χ2n) is 5.87. The highest BCUT2D eigenvalue weighted by Gasteiger charge is 2.19. The molecule has 0 unspecified atom stereocenters. The molecule has 1 aromatic carbocycles. The summed E-state index contributed by atoms with van der Waals surface area (Å²) in [5.41, 5.74) is 1.03. The predicted molar refractivity (Wildman–Crippen MR) is 98.7 cm³/mol. The largest absolute Gasteiger partial charge is 0.467 e. The Morgan fingerprint density at radius 1 is 1.07 bits per heavy atom. The van der Waals surface area contributed by atoms with Gasteiger partial charge in [-0.3, -0.25) is 4.57 Å². The zero-order valence-electron chi connectivity index (χ0n) is 14.8. The van der Waals surface area contributed by atoms with Gasteiger partial charge in [0, 0.05) is 5.56 Å². The minimum absolute atomic E-state index is 0.172. The van der Waals surface area contributed by atoms with Crippen molar-refractivity contribution < 1.29 is 13.2 Å². The number of aryl methyl sites for hydroxylation is 1. The third-order valence-corrected chi connectivity index (χ3v) is 5.03. The van der Waals surface area contributed by atoms with Gasteiger partial charge >= 0.3 is 0 Å². The van der Waals surface area contributed by atoms with Crippen LogP contribution in [0, 0.1) is 11.6 Å². The molecule has 0 spiro atoms. The van der Waals surface area contributed by atoms with E-state index in [1.54, 1.807) is 29.0 Å². The molecule has 0 atom stereocenters. The van der Waals surface area contributed by atoms with Gasteiger partial charge in [-0.15, -0.1) is 10.2 Å². The molecular weight excluding hydrogens is 384 g/mol. The average molecular weight is 399 g/mol. The van der Waals surface area contributed by atoms with E-state index < -0.39 is 5.82 Å². The number of furan rings is 1. The van der Waals surface area contributed by atoms with Gasteiger partial charge in [0.05, 0.1) is 18.5 Å². The van der Waals surface area contributed by atoms with Gasteiger partial charge in [-0.2, -0.15) is 0 Å². The molecule has 0 radical (unpaired) electrons. The zero-order chi connectivity index (χ0) is 19.5. The maximum atomic E-state index is 14.6. The van der Waals surface area contributed by atoms with Crippen molar-refractivity contribution in [1.82, 2.24) is 24.7 Å². The van der Waals surface area contributed by atoms with E-state index >= 15 is 0 Å².